The standard InChI is InChI=1S/C8H9O5P/c1-5-2-3-6(8(9)10)7(4-5)14(11,12)13/h2-4H,1H3,(H,9,10)(H2,11,12,13). The molecule has 0 heterocycles. The normalized spacial score (nSPS) is 11.4. The summed E-state index contributed by atoms with van der Waals surface area (Å²) in [6, 6.07) is 3.86. The summed E-state index contributed by atoms with van der Waals surface area (Å²) in [6.07, 6.45) is 0. The molecule has 1 rings (SSSR count). The number of carboxylic acids is 1. The van der Waals surface area contributed by atoms with Crippen molar-refractivity contribution in [1.82, 2.24) is 0 Å². The Labute approximate surface area is 80.2 Å². The van der Waals surface area contributed by atoms with Crippen molar-refractivity contribution in [1.29, 1.82) is 0 Å². The molecule has 14 heavy (non-hydrogen) atoms. The maximum atomic E-state index is 10.9. The van der Waals surface area contributed by atoms with Crippen LogP contribution in [0.1, 0.15) is 15.9 Å². The van der Waals surface area contributed by atoms with Crippen LogP contribution in [0.15, 0.2) is 18.2 Å². The number of aromatic carboxylic acids is 1. The molecule has 0 amide bonds. The van der Waals surface area contributed by atoms with E-state index in [1.165, 1.54) is 18.2 Å². The summed E-state index contributed by atoms with van der Waals surface area (Å²) in [5.41, 5.74) is 0.247. The lowest BCUT2D eigenvalue weighted by atomic mass is 10.1. The van der Waals surface area contributed by atoms with E-state index in [2.05, 4.69) is 0 Å². The second-order valence-corrected chi connectivity index (χ2v) is 4.44. The zero-order valence-electron chi connectivity index (χ0n) is 7.34. The van der Waals surface area contributed by atoms with E-state index in [0.29, 0.717) is 5.56 Å². The van der Waals surface area contributed by atoms with Crippen molar-refractivity contribution in [2.75, 3.05) is 0 Å². The Bertz CT molecular complexity index is 420. The zero-order chi connectivity index (χ0) is 10.9. The monoisotopic (exact) mass is 216 g/mol. The Morgan fingerprint density at radius 2 is 1.93 bits per heavy atom. The fraction of sp³-hybridized carbons (Fsp3) is 0.125. The summed E-state index contributed by atoms with van der Waals surface area (Å²) in [5.74, 6) is -1.34. The summed E-state index contributed by atoms with van der Waals surface area (Å²) in [4.78, 5) is 28.4. The van der Waals surface area contributed by atoms with Gasteiger partial charge in [-0.3, -0.25) is 4.57 Å². The molecule has 0 atom stereocenters. The van der Waals surface area contributed by atoms with Crippen molar-refractivity contribution in [3.63, 3.8) is 0 Å². The lowest BCUT2D eigenvalue weighted by molar-refractivity contribution is 0.0697. The van der Waals surface area contributed by atoms with Crippen molar-refractivity contribution in [2.45, 2.75) is 6.92 Å². The van der Waals surface area contributed by atoms with Crippen LogP contribution in [0.3, 0.4) is 0 Å². The largest absolute Gasteiger partial charge is 0.478 e. The van der Waals surface area contributed by atoms with E-state index < -0.39 is 18.9 Å². The number of carboxylic acid groups (broad SMARTS) is 1. The topological polar surface area (TPSA) is 94.8 Å². The average Bonchev–Trinajstić information content (AvgIpc) is 2.01. The minimum absolute atomic E-state index is 0.357. The number of aryl methyl sites for hydroxylation is 1. The first-order valence-corrected chi connectivity index (χ1v) is 5.33. The van der Waals surface area contributed by atoms with Crippen LogP contribution in [0, 0.1) is 6.92 Å². The van der Waals surface area contributed by atoms with E-state index in [1.807, 2.05) is 0 Å². The molecule has 76 valence electrons. The number of benzene rings is 1. The predicted molar refractivity (Wildman–Crippen MR) is 49.8 cm³/mol. The number of hydrogen-bond donors (Lipinski definition) is 3. The van der Waals surface area contributed by atoms with Gasteiger partial charge in [-0.25, -0.2) is 4.79 Å². The van der Waals surface area contributed by atoms with Crippen LogP contribution in [-0.4, -0.2) is 20.9 Å². The van der Waals surface area contributed by atoms with Crippen LogP contribution in [0.4, 0.5) is 0 Å². The van der Waals surface area contributed by atoms with Crippen LogP contribution < -0.4 is 5.30 Å². The molecule has 0 saturated carbocycles. The molecule has 0 aromatic heterocycles. The molecule has 1 aromatic carbocycles. The van der Waals surface area contributed by atoms with Crippen molar-refractivity contribution in [3.05, 3.63) is 29.3 Å². The smallest absolute Gasteiger partial charge is 0.357 e. The van der Waals surface area contributed by atoms with Crippen LogP contribution in [0.2, 0.25) is 0 Å². The first-order valence-electron chi connectivity index (χ1n) is 3.72. The molecule has 0 aliphatic carbocycles. The Morgan fingerprint density at radius 3 is 2.36 bits per heavy atom. The highest BCUT2D eigenvalue weighted by molar-refractivity contribution is 7.60. The maximum Gasteiger partial charge on any atom is 0.357 e. The van der Waals surface area contributed by atoms with Gasteiger partial charge in [-0.05, 0) is 19.1 Å². The minimum Gasteiger partial charge on any atom is -0.478 e. The van der Waals surface area contributed by atoms with Gasteiger partial charge in [0.25, 0.3) is 0 Å². The van der Waals surface area contributed by atoms with Gasteiger partial charge in [0.15, 0.2) is 0 Å². The average molecular weight is 216 g/mol. The second kappa shape index (κ2) is 3.53. The maximum absolute atomic E-state index is 10.9. The Balaban J connectivity index is 3.46. The number of rotatable bonds is 2. The summed E-state index contributed by atoms with van der Waals surface area (Å²) in [5, 5.41) is 8.24. The molecule has 1 aromatic rings. The van der Waals surface area contributed by atoms with Crippen molar-refractivity contribution >= 4 is 18.9 Å². The Morgan fingerprint density at radius 1 is 1.36 bits per heavy atom. The van der Waals surface area contributed by atoms with E-state index >= 15 is 0 Å². The predicted octanol–water partition coefficient (Wildman–Crippen LogP) is 0.496. The highest BCUT2D eigenvalue weighted by Gasteiger charge is 2.24. The molecular formula is C8H9O5P. The molecule has 0 bridgehead atoms. The third-order valence-corrected chi connectivity index (χ3v) is 2.70. The van der Waals surface area contributed by atoms with Gasteiger partial charge in [-0.2, -0.15) is 0 Å². The van der Waals surface area contributed by atoms with Crippen LogP contribution in [0.5, 0.6) is 0 Å². The van der Waals surface area contributed by atoms with Crippen molar-refractivity contribution in [3.8, 4) is 0 Å². The van der Waals surface area contributed by atoms with E-state index in [-0.39, 0.29) is 5.56 Å². The van der Waals surface area contributed by atoms with E-state index in [1.54, 1.807) is 6.92 Å². The van der Waals surface area contributed by atoms with E-state index in [4.69, 9.17) is 14.9 Å². The van der Waals surface area contributed by atoms with Crippen LogP contribution >= 0.6 is 7.60 Å². The molecule has 0 aliphatic rings. The van der Waals surface area contributed by atoms with Gasteiger partial charge in [-0.1, -0.05) is 11.6 Å². The molecule has 5 nitrogen and oxygen atoms in total. The fourth-order valence-electron chi connectivity index (χ4n) is 1.06. The summed E-state index contributed by atoms with van der Waals surface area (Å²) in [6.45, 7) is 1.63. The molecule has 0 unspecified atom stereocenters. The van der Waals surface area contributed by atoms with Gasteiger partial charge in [0.1, 0.15) is 0 Å². The highest BCUT2D eigenvalue weighted by Crippen LogP contribution is 2.34. The van der Waals surface area contributed by atoms with Crippen LogP contribution in [0.25, 0.3) is 0 Å². The molecule has 6 heteroatoms. The van der Waals surface area contributed by atoms with E-state index in [9.17, 15) is 9.36 Å². The molecule has 0 saturated heterocycles. The lowest BCUT2D eigenvalue weighted by Crippen LogP contribution is -2.16. The number of carbonyl (C=O) groups is 1. The first-order chi connectivity index (χ1) is 6.32. The van der Waals surface area contributed by atoms with Gasteiger partial charge in [0.2, 0.25) is 0 Å². The molecule has 0 radical (unpaired) electrons. The third kappa shape index (κ3) is 2.20. The highest BCUT2D eigenvalue weighted by atomic mass is 31.2. The van der Waals surface area contributed by atoms with Gasteiger partial charge < -0.3 is 14.9 Å². The zero-order valence-corrected chi connectivity index (χ0v) is 8.23. The summed E-state index contributed by atoms with van der Waals surface area (Å²) in [7, 11) is -4.52. The molecular weight excluding hydrogens is 207 g/mol. The number of hydrogen-bond acceptors (Lipinski definition) is 2. The van der Waals surface area contributed by atoms with Gasteiger partial charge in [-0.15, -0.1) is 0 Å². The van der Waals surface area contributed by atoms with Gasteiger partial charge >= 0.3 is 13.6 Å². The Kier molecular flexibility index (Phi) is 2.76. The van der Waals surface area contributed by atoms with Crippen molar-refractivity contribution in [2.24, 2.45) is 0 Å². The Hall–Kier alpha value is -1.16. The SMILES string of the molecule is Cc1ccc(C(=O)O)c(P(=O)(O)O)c1. The molecule has 3 N–H and O–H groups in total. The molecule has 0 spiro atoms. The first kappa shape index (κ1) is 10.9. The minimum atomic E-state index is -4.52. The van der Waals surface area contributed by atoms with Gasteiger partial charge in [0, 0.05) is 0 Å². The summed E-state index contributed by atoms with van der Waals surface area (Å²) >= 11 is 0. The lowest BCUT2D eigenvalue weighted by Gasteiger charge is -2.08. The second-order valence-electron chi connectivity index (χ2n) is 2.87. The van der Waals surface area contributed by atoms with Crippen molar-refractivity contribution < 1.29 is 24.3 Å². The van der Waals surface area contributed by atoms with Crippen LogP contribution in [-0.2, 0) is 4.57 Å². The summed E-state index contributed by atoms with van der Waals surface area (Å²) < 4.78 is 10.9. The molecule has 0 fully saturated rings. The van der Waals surface area contributed by atoms with Gasteiger partial charge in [0.05, 0.1) is 10.9 Å². The quantitative estimate of drug-likeness (QED) is 0.625. The van der Waals surface area contributed by atoms with E-state index in [0.717, 1.165) is 0 Å². The fourth-order valence-corrected chi connectivity index (χ4v) is 1.92. The third-order valence-electron chi connectivity index (χ3n) is 1.70. The molecule has 0 aliphatic heterocycles.